The molecule has 3 rings (SSSR count). The zero-order valence-electron chi connectivity index (χ0n) is 12.1. The van der Waals surface area contributed by atoms with Crippen molar-refractivity contribution in [3.63, 3.8) is 0 Å². The van der Waals surface area contributed by atoms with Gasteiger partial charge in [-0.3, -0.25) is 0 Å². The van der Waals surface area contributed by atoms with Gasteiger partial charge < -0.3 is 14.5 Å². The van der Waals surface area contributed by atoms with Gasteiger partial charge in [0.25, 0.3) is 0 Å². The van der Waals surface area contributed by atoms with Crippen LogP contribution in [0, 0.1) is 5.92 Å². The Morgan fingerprint density at radius 1 is 1.15 bits per heavy atom. The Bertz CT molecular complexity index is 559. The van der Waals surface area contributed by atoms with Gasteiger partial charge in [0, 0.05) is 12.5 Å². The number of benzene rings is 1. The molecule has 3 heteroatoms. The molecule has 1 heterocycles. The summed E-state index contributed by atoms with van der Waals surface area (Å²) in [6, 6.07) is 12.3. The van der Waals surface area contributed by atoms with Crippen LogP contribution < -0.4 is 10.1 Å². The predicted molar refractivity (Wildman–Crippen MR) is 78.8 cm³/mol. The van der Waals surface area contributed by atoms with Gasteiger partial charge in [0.2, 0.25) is 0 Å². The van der Waals surface area contributed by atoms with E-state index in [9.17, 15) is 0 Å². The number of nitrogens with one attached hydrogen (secondary N) is 1. The van der Waals surface area contributed by atoms with E-state index >= 15 is 0 Å². The van der Waals surface area contributed by atoms with E-state index in [0.29, 0.717) is 5.92 Å². The first kappa shape index (κ1) is 13.3. The van der Waals surface area contributed by atoms with Crippen LogP contribution in [0.5, 0.6) is 5.75 Å². The minimum Gasteiger partial charge on any atom is -0.497 e. The minimum absolute atomic E-state index is 0.658. The molecule has 106 valence electrons. The monoisotopic (exact) mass is 271 g/mol. The van der Waals surface area contributed by atoms with E-state index in [0.717, 1.165) is 36.3 Å². The van der Waals surface area contributed by atoms with E-state index in [4.69, 9.17) is 9.15 Å². The number of furan rings is 1. The highest BCUT2D eigenvalue weighted by Crippen LogP contribution is 2.47. The fourth-order valence-electron chi connectivity index (χ4n) is 2.48. The molecule has 1 fully saturated rings. The fraction of sp³-hybridized carbons (Fsp3) is 0.412. The van der Waals surface area contributed by atoms with Crippen LogP contribution in [0.15, 0.2) is 40.8 Å². The van der Waals surface area contributed by atoms with E-state index in [2.05, 4.69) is 36.5 Å². The quantitative estimate of drug-likeness (QED) is 0.870. The summed E-state index contributed by atoms with van der Waals surface area (Å²) >= 11 is 0. The first-order valence-corrected chi connectivity index (χ1v) is 7.18. The van der Waals surface area contributed by atoms with Crippen LogP contribution in [0.4, 0.5) is 0 Å². The number of rotatable bonds is 6. The molecule has 2 atom stereocenters. The predicted octanol–water partition coefficient (Wildman–Crippen LogP) is 3.70. The molecule has 0 saturated heterocycles. The molecule has 0 radical (unpaired) electrons. The van der Waals surface area contributed by atoms with Crippen molar-refractivity contribution in [2.75, 3.05) is 7.11 Å². The summed E-state index contributed by atoms with van der Waals surface area (Å²) in [5, 5.41) is 3.40. The van der Waals surface area contributed by atoms with Crippen LogP contribution in [-0.2, 0) is 13.1 Å². The molecule has 0 aliphatic heterocycles. The van der Waals surface area contributed by atoms with E-state index in [1.807, 2.05) is 12.1 Å². The Morgan fingerprint density at radius 3 is 2.55 bits per heavy atom. The van der Waals surface area contributed by atoms with Crippen molar-refractivity contribution in [1.29, 1.82) is 0 Å². The second-order valence-corrected chi connectivity index (χ2v) is 5.58. The van der Waals surface area contributed by atoms with Gasteiger partial charge in [0.05, 0.1) is 13.7 Å². The highest BCUT2D eigenvalue weighted by atomic mass is 16.5. The molecule has 1 saturated carbocycles. The summed E-state index contributed by atoms with van der Waals surface area (Å²) in [5.41, 5.74) is 1.24. The lowest BCUT2D eigenvalue weighted by atomic mass is 10.2. The molecule has 0 bridgehead atoms. The molecule has 1 aliphatic carbocycles. The average Bonchev–Trinajstić information content (AvgIpc) is 3.01. The van der Waals surface area contributed by atoms with Gasteiger partial charge in [-0.05, 0) is 42.2 Å². The maximum atomic E-state index is 5.87. The van der Waals surface area contributed by atoms with Crippen LogP contribution in [0.3, 0.4) is 0 Å². The van der Waals surface area contributed by atoms with Crippen molar-refractivity contribution in [2.45, 2.75) is 32.4 Å². The third-order valence-electron chi connectivity index (χ3n) is 3.94. The second-order valence-electron chi connectivity index (χ2n) is 5.58. The smallest absolute Gasteiger partial charge is 0.118 e. The molecule has 2 unspecified atom stereocenters. The van der Waals surface area contributed by atoms with Crippen molar-refractivity contribution in [1.82, 2.24) is 5.32 Å². The van der Waals surface area contributed by atoms with Crippen LogP contribution in [0.25, 0.3) is 0 Å². The van der Waals surface area contributed by atoms with Crippen LogP contribution in [0.1, 0.15) is 36.3 Å². The average molecular weight is 271 g/mol. The van der Waals surface area contributed by atoms with Crippen molar-refractivity contribution in [2.24, 2.45) is 5.92 Å². The summed E-state index contributed by atoms with van der Waals surface area (Å²) in [6.45, 7) is 3.88. The zero-order chi connectivity index (χ0) is 13.9. The lowest BCUT2D eigenvalue weighted by Crippen LogP contribution is -2.11. The Hall–Kier alpha value is -1.74. The second kappa shape index (κ2) is 5.71. The largest absolute Gasteiger partial charge is 0.497 e. The maximum absolute atomic E-state index is 5.87. The molecule has 3 nitrogen and oxygen atoms in total. The maximum Gasteiger partial charge on any atom is 0.118 e. The molecule has 0 spiro atoms. The van der Waals surface area contributed by atoms with Crippen molar-refractivity contribution >= 4 is 0 Å². The molecule has 0 amide bonds. The SMILES string of the molecule is COc1ccc(CNCc2ccc(C3CC3C)o2)cc1. The van der Waals surface area contributed by atoms with Gasteiger partial charge in [-0.2, -0.15) is 0 Å². The fourth-order valence-corrected chi connectivity index (χ4v) is 2.48. The Kier molecular flexibility index (Phi) is 3.79. The molecular formula is C17H21NO2. The summed E-state index contributed by atoms with van der Waals surface area (Å²) in [5.74, 6) is 4.51. The molecule has 1 N–H and O–H groups in total. The van der Waals surface area contributed by atoms with Gasteiger partial charge in [-0.1, -0.05) is 19.1 Å². The zero-order valence-corrected chi connectivity index (χ0v) is 12.1. The number of methoxy groups -OCH3 is 1. The molecule has 1 aromatic carbocycles. The third-order valence-corrected chi connectivity index (χ3v) is 3.94. The van der Waals surface area contributed by atoms with Crippen molar-refractivity contribution in [3.8, 4) is 5.75 Å². The van der Waals surface area contributed by atoms with Crippen molar-refractivity contribution < 1.29 is 9.15 Å². The lowest BCUT2D eigenvalue weighted by molar-refractivity contribution is 0.414. The standard InChI is InChI=1S/C17H21NO2/c1-12-9-16(12)17-8-7-15(20-17)11-18-10-13-3-5-14(19-2)6-4-13/h3-8,12,16,18H,9-11H2,1-2H3. The van der Waals surface area contributed by atoms with Gasteiger partial charge in [-0.25, -0.2) is 0 Å². The first-order chi connectivity index (χ1) is 9.76. The van der Waals surface area contributed by atoms with E-state index < -0.39 is 0 Å². The number of hydrogen-bond donors (Lipinski definition) is 1. The Balaban J connectivity index is 1.48. The Labute approximate surface area is 119 Å². The van der Waals surface area contributed by atoms with E-state index in [1.165, 1.54) is 12.0 Å². The first-order valence-electron chi connectivity index (χ1n) is 7.18. The molecule has 1 aromatic heterocycles. The lowest BCUT2D eigenvalue weighted by Gasteiger charge is -2.04. The summed E-state index contributed by atoms with van der Waals surface area (Å²) in [7, 11) is 1.68. The van der Waals surface area contributed by atoms with Gasteiger partial charge in [0.1, 0.15) is 17.3 Å². The highest BCUT2D eigenvalue weighted by molar-refractivity contribution is 5.27. The third kappa shape index (κ3) is 3.05. The summed E-state index contributed by atoms with van der Waals surface area (Å²) < 4.78 is 11.0. The van der Waals surface area contributed by atoms with Crippen LogP contribution in [0.2, 0.25) is 0 Å². The van der Waals surface area contributed by atoms with Gasteiger partial charge in [0.15, 0.2) is 0 Å². The van der Waals surface area contributed by atoms with Gasteiger partial charge in [-0.15, -0.1) is 0 Å². The number of ether oxygens (including phenoxy) is 1. The Morgan fingerprint density at radius 2 is 1.90 bits per heavy atom. The molecule has 20 heavy (non-hydrogen) atoms. The summed E-state index contributed by atoms with van der Waals surface area (Å²) in [4.78, 5) is 0. The van der Waals surface area contributed by atoms with E-state index in [1.54, 1.807) is 7.11 Å². The van der Waals surface area contributed by atoms with Crippen LogP contribution in [-0.4, -0.2) is 7.11 Å². The summed E-state index contributed by atoms with van der Waals surface area (Å²) in [6.07, 6.45) is 1.27. The van der Waals surface area contributed by atoms with E-state index in [-0.39, 0.29) is 0 Å². The molecule has 2 aromatic rings. The van der Waals surface area contributed by atoms with Crippen LogP contribution >= 0.6 is 0 Å². The number of hydrogen-bond acceptors (Lipinski definition) is 3. The molecule has 1 aliphatic rings. The minimum atomic E-state index is 0.658. The van der Waals surface area contributed by atoms with Crippen molar-refractivity contribution in [3.05, 3.63) is 53.5 Å². The topological polar surface area (TPSA) is 34.4 Å². The highest BCUT2D eigenvalue weighted by Gasteiger charge is 2.36. The molecular weight excluding hydrogens is 250 g/mol. The van der Waals surface area contributed by atoms with Gasteiger partial charge >= 0.3 is 0 Å². The normalized spacial score (nSPS) is 20.9.